The zero-order valence-corrected chi connectivity index (χ0v) is 13.4. The molecule has 2 aromatic rings. The van der Waals surface area contributed by atoms with Gasteiger partial charge in [0, 0.05) is 0 Å². The molecule has 0 aliphatic rings. The second-order valence-corrected chi connectivity index (χ2v) is 5.47. The zero-order valence-electron chi connectivity index (χ0n) is 13.4. The molecule has 0 radical (unpaired) electrons. The van der Waals surface area contributed by atoms with Crippen LogP contribution in [0.25, 0.3) is 0 Å². The van der Waals surface area contributed by atoms with Gasteiger partial charge in [-0.3, -0.25) is 4.79 Å². The summed E-state index contributed by atoms with van der Waals surface area (Å²) in [5.41, 5.74) is 1.13. The summed E-state index contributed by atoms with van der Waals surface area (Å²) in [4.78, 5) is 12.2. The van der Waals surface area contributed by atoms with Gasteiger partial charge in [-0.15, -0.1) is 0 Å². The molecule has 128 valence electrons. The minimum Gasteiger partial charge on any atom is -0.481 e. The highest BCUT2D eigenvalue weighted by molar-refractivity contribution is 5.81. The number of hydrogen-bond acceptors (Lipinski definition) is 3. The molecule has 2 aromatic carbocycles. The van der Waals surface area contributed by atoms with Crippen molar-refractivity contribution in [2.45, 2.75) is 32.6 Å². The summed E-state index contributed by atoms with van der Waals surface area (Å²) in [7, 11) is 0. The highest BCUT2D eigenvalue weighted by atomic mass is 19.2. The van der Waals surface area contributed by atoms with E-state index in [1.165, 1.54) is 6.07 Å². The van der Waals surface area contributed by atoms with Crippen molar-refractivity contribution in [1.82, 2.24) is 5.32 Å². The van der Waals surface area contributed by atoms with Crippen molar-refractivity contribution in [2.75, 3.05) is 0 Å². The van der Waals surface area contributed by atoms with Crippen LogP contribution in [0.1, 0.15) is 31.0 Å². The number of halogens is 2. The highest BCUT2D eigenvalue weighted by Crippen LogP contribution is 2.18. The Labute approximate surface area is 139 Å². The molecule has 6 heteroatoms. The lowest BCUT2D eigenvalue weighted by atomic mass is 10.1. The van der Waals surface area contributed by atoms with Crippen LogP contribution in [0.15, 0.2) is 42.5 Å². The van der Waals surface area contributed by atoms with E-state index in [1.807, 2.05) is 0 Å². The number of amides is 1. The Bertz CT molecular complexity index is 721. The van der Waals surface area contributed by atoms with Crippen molar-refractivity contribution in [3.05, 3.63) is 65.2 Å². The molecule has 0 aromatic heterocycles. The Kier molecular flexibility index (Phi) is 5.87. The topological polar surface area (TPSA) is 58.6 Å². The fourth-order valence-corrected chi connectivity index (χ4v) is 2.17. The molecule has 0 bridgehead atoms. The van der Waals surface area contributed by atoms with Crippen LogP contribution in [0.3, 0.4) is 0 Å². The van der Waals surface area contributed by atoms with Gasteiger partial charge >= 0.3 is 0 Å². The van der Waals surface area contributed by atoms with Crippen molar-refractivity contribution in [2.24, 2.45) is 0 Å². The fourth-order valence-electron chi connectivity index (χ4n) is 2.17. The van der Waals surface area contributed by atoms with Gasteiger partial charge in [-0.2, -0.15) is 0 Å². The first-order chi connectivity index (χ1) is 11.4. The summed E-state index contributed by atoms with van der Waals surface area (Å²) in [6.07, 6.45) is -0.785. The maximum Gasteiger partial charge on any atom is 0.261 e. The Morgan fingerprint density at radius 3 is 2.58 bits per heavy atom. The fraction of sp³-hybridized carbons (Fsp3) is 0.278. The van der Waals surface area contributed by atoms with Gasteiger partial charge in [0.15, 0.2) is 17.7 Å². The molecule has 2 rings (SSSR count). The molecule has 2 unspecified atom stereocenters. The van der Waals surface area contributed by atoms with Gasteiger partial charge in [-0.05, 0) is 49.2 Å². The van der Waals surface area contributed by atoms with Crippen LogP contribution in [0, 0.1) is 11.6 Å². The molecule has 2 N–H and O–H groups in total. The summed E-state index contributed by atoms with van der Waals surface area (Å²) in [5, 5.41) is 11.8. The molecule has 0 aliphatic carbocycles. The molecule has 4 nitrogen and oxygen atoms in total. The van der Waals surface area contributed by atoms with E-state index in [1.54, 1.807) is 38.1 Å². The molecule has 0 heterocycles. The SMILES string of the molecule is CC(Oc1cccc(CO)c1)C(=O)NC(C)c1ccc(F)c(F)c1. The third-order valence-corrected chi connectivity index (χ3v) is 3.57. The lowest BCUT2D eigenvalue weighted by molar-refractivity contribution is -0.127. The lowest BCUT2D eigenvalue weighted by Gasteiger charge is -2.19. The van der Waals surface area contributed by atoms with Crippen molar-refractivity contribution in [3.8, 4) is 5.75 Å². The zero-order chi connectivity index (χ0) is 17.7. The summed E-state index contributed by atoms with van der Waals surface area (Å²) in [5.74, 6) is -1.82. The molecule has 0 saturated carbocycles. The highest BCUT2D eigenvalue weighted by Gasteiger charge is 2.18. The Hall–Kier alpha value is -2.47. The van der Waals surface area contributed by atoms with Crippen LogP contribution in [0.2, 0.25) is 0 Å². The van der Waals surface area contributed by atoms with Crippen LogP contribution in [-0.4, -0.2) is 17.1 Å². The van der Waals surface area contributed by atoms with Crippen molar-refractivity contribution < 1.29 is 23.4 Å². The van der Waals surface area contributed by atoms with Gasteiger partial charge < -0.3 is 15.2 Å². The monoisotopic (exact) mass is 335 g/mol. The second-order valence-electron chi connectivity index (χ2n) is 5.47. The van der Waals surface area contributed by atoms with E-state index < -0.39 is 23.8 Å². The third-order valence-electron chi connectivity index (χ3n) is 3.57. The number of carbonyl (C=O) groups excluding carboxylic acids is 1. The van der Waals surface area contributed by atoms with Crippen LogP contribution >= 0.6 is 0 Å². The molecule has 0 aliphatic heterocycles. The van der Waals surface area contributed by atoms with E-state index >= 15 is 0 Å². The number of nitrogens with one attached hydrogen (secondary N) is 1. The molecule has 0 fully saturated rings. The number of rotatable bonds is 6. The smallest absolute Gasteiger partial charge is 0.261 e. The number of benzene rings is 2. The van der Waals surface area contributed by atoms with Gasteiger partial charge in [0.1, 0.15) is 5.75 Å². The minimum atomic E-state index is -0.960. The molecule has 24 heavy (non-hydrogen) atoms. The first kappa shape index (κ1) is 17.9. The van der Waals surface area contributed by atoms with Crippen LogP contribution < -0.4 is 10.1 Å². The minimum absolute atomic E-state index is 0.120. The maximum atomic E-state index is 13.3. The maximum absolute atomic E-state index is 13.3. The summed E-state index contributed by atoms with van der Waals surface area (Å²) < 4.78 is 31.8. The first-order valence-corrected chi connectivity index (χ1v) is 7.52. The normalized spacial score (nSPS) is 13.2. The standard InChI is InChI=1S/C18H19F2NO3/c1-11(14-6-7-16(19)17(20)9-14)21-18(23)12(2)24-15-5-3-4-13(8-15)10-22/h3-9,11-12,22H,10H2,1-2H3,(H,21,23). The summed E-state index contributed by atoms with van der Waals surface area (Å²) >= 11 is 0. The number of aliphatic hydroxyl groups is 1. The van der Waals surface area contributed by atoms with E-state index in [0.29, 0.717) is 16.9 Å². The van der Waals surface area contributed by atoms with E-state index in [2.05, 4.69) is 5.32 Å². The Balaban J connectivity index is 1.98. The van der Waals surface area contributed by atoms with Crippen LogP contribution in [0.4, 0.5) is 8.78 Å². The summed E-state index contributed by atoms with van der Waals surface area (Å²) in [6.45, 7) is 3.13. The van der Waals surface area contributed by atoms with Gasteiger partial charge in [0.2, 0.25) is 0 Å². The average molecular weight is 335 g/mol. The molecule has 0 saturated heterocycles. The van der Waals surface area contributed by atoms with Crippen molar-refractivity contribution in [1.29, 1.82) is 0 Å². The Morgan fingerprint density at radius 2 is 1.92 bits per heavy atom. The predicted molar refractivity (Wildman–Crippen MR) is 85.4 cm³/mol. The molecular weight excluding hydrogens is 316 g/mol. The lowest BCUT2D eigenvalue weighted by Crippen LogP contribution is -2.37. The van der Waals surface area contributed by atoms with Crippen LogP contribution in [0.5, 0.6) is 5.75 Å². The van der Waals surface area contributed by atoms with E-state index in [9.17, 15) is 13.6 Å². The van der Waals surface area contributed by atoms with Crippen LogP contribution in [-0.2, 0) is 11.4 Å². The van der Waals surface area contributed by atoms with E-state index in [4.69, 9.17) is 9.84 Å². The number of ether oxygens (including phenoxy) is 1. The average Bonchev–Trinajstić information content (AvgIpc) is 2.57. The first-order valence-electron chi connectivity index (χ1n) is 7.52. The van der Waals surface area contributed by atoms with E-state index in [-0.39, 0.29) is 12.5 Å². The van der Waals surface area contributed by atoms with Crippen molar-refractivity contribution >= 4 is 5.91 Å². The number of carbonyl (C=O) groups is 1. The van der Waals surface area contributed by atoms with E-state index in [0.717, 1.165) is 12.1 Å². The quantitative estimate of drug-likeness (QED) is 0.853. The molecule has 1 amide bonds. The van der Waals surface area contributed by atoms with Gasteiger partial charge in [-0.25, -0.2) is 8.78 Å². The predicted octanol–water partition coefficient (Wildman–Crippen LogP) is 3.10. The molecule has 2 atom stereocenters. The number of aliphatic hydroxyl groups excluding tert-OH is 1. The van der Waals surface area contributed by atoms with Gasteiger partial charge in [-0.1, -0.05) is 18.2 Å². The van der Waals surface area contributed by atoms with Gasteiger partial charge in [0.25, 0.3) is 5.91 Å². The number of hydrogen-bond donors (Lipinski definition) is 2. The third kappa shape index (κ3) is 4.52. The second kappa shape index (κ2) is 7.88. The van der Waals surface area contributed by atoms with Gasteiger partial charge in [0.05, 0.1) is 12.6 Å². The van der Waals surface area contributed by atoms with Crippen molar-refractivity contribution in [3.63, 3.8) is 0 Å². The summed E-state index contributed by atoms with van der Waals surface area (Å²) in [6, 6.07) is 9.77. The molecular formula is C18H19F2NO3. The molecule has 0 spiro atoms. The Morgan fingerprint density at radius 1 is 1.17 bits per heavy atom. The largest absolute Gasteiger partial charge is 0.481 e.